The molecule has 5 nitrogen and oxygen atoms in total. The summed E-state index contributed by atoms with van der Waals surface area (Å²) < 4.78 is 2.88. The Morgan fingerprint density at radius 1 is 1.14 bits per heavy atom. The van der Waals surface area contributed by atoms with Gasteiger partial charge in [0, 0.05) is 47.9 Å². The van der Waals surface area contributed by atoms with E-state index in [-0.39, 0.29) is 17.4 Å². The third-order valence-corrected chi connectivity index (χ3v) is 6.18. The first-order chi connectivity index (χ1) is 13.5. The van der Waals surface area contributed by atoms with Gasteiger partial charge in [-0.3, -0.25) is 14.9 Å². The van der Waals surface area contributed by atoms with Crippen molar-refractivity contribution in [3.05, 3.63) is 74.6 Å². The summed E-state index contributed by atoms with van der Waals surface area (Å²) in [7, 11) is 0. The van der Waals surface area contributed by atoms with Gasteiger partial charge in [-0.1, -0.05) is 34.1 Å². The van der Waals surface area contributed by atoms with Crippen molar-refractivity contribution in [2.75, 3.05) is 13.1 Å². The molecule has 2 atom stereocenters. The number of nitrogens with one attached hydrogen (secondary N) is 1. The molecular weight excluding hydrogens is 438 g/mol. The minimum Gasteiger partial charge on any atom is -0.348 e. The van der Waals surface area contributed by atoms with Crippen LogP contribution in [-0.2, 0) is 11.3 Å². The number of carbonyl (C=O) groups is 1. The third-order valence-electron chi connectivity index (χ3n) is 5.29. The summed E-state index contributed by atoms with van der Waals surface area (Å²) in [5, 5.41) is 3.26. The van der Waals surface area contributed by atoms with Crippen LogP contribution in [0.5, 0.6) is 0 Å². The Morgan fingerprint density at radius 3 is 2.71 bits per heavy atom. The molecule has 0 aliphatic carbocycles. The van der Waals surface area contributed by atoms with E-state index in [1.807, 2.05) is 41.0 Å². The van der Waals surface area contributed by atoms with Gasteiger partial charge in [-0.15, -0.1) is 0 Å². The van der Waals surface area contributed by atoms with Gasteiger partial charge in [0.2, 0.25) is 5.91 Å². The van der Waals surface area contributed by atoms with E-state index in [9.17, 15) is 9.59 Å². The fourth-order valence-corrected chi connectivity index (χ4v) is 4.55. The molecule has 1 aromatic heterocycles. The molecule has 0 saturated carbocycles. The van der Waals surface area contributed by atoms with Gasteiger partial charge in [-0.05, 0) is 54.4 Å². The van der Waals surface area contributed by atoms with Crippen LogP contribution in [0.3, 0.4) is 0 Å². The number of nitrogens with zero attached hydrogens (tertiary/aromatic N) is 2. The van der Waals surface area contributed by atoms with E-state index in [0.29, 0.717) is 17.6 Å². The molecule has 4 rings (SSSR count). The standard InChI is InChI=1S/C21H20BrN3O2S/c22-17-7-4-14(5-8-17)6-9-19(26)23-21(28)24-11-15-10-16(13-24)18-2-1-3-20(27)25(18)12-15/h1-9,15-16H,10-13H2,(H,23,26,28)/b9-6+/t15-,16+/m0/s1. The van der Waals surface area contributed by atoms with E-state index >= 15 is 0 Å². The Morgan fingerprint density at radius 2 is 1.93 bits per heavy atom. The lowest BCUT2D eigenvalue weighted by Crippen LogP contribution is -2.52. The highest BCUT2D eigenvalue weighted by atomic mass is 79.9. The molecule has 1 N–H and O–H groups in total. The Kier molecular flexibility index (Phi) is 5.46. The molecule has 2 aromatic rings. The monoisotopic (exact) mass is 457 g/mol. The maximum Gasteiger partial charge on any atom is 0.250 e. The number of hydrogen-bond donors (Lipinski definition) is 1. The van der Waals surface area contributed by atoms with E-state index in [1.54, 1.807) is 12.1 Å². The Labute approximate surface area is 177 Å². The summed E-state index contributed by atoms with van der Waals surface area (Å²) in [6, 6.07) is 13.2. The normalized spacial score (nSPS) is 20.7. The number of aromatic nitrogens is 1. The van der Waals surface area contributed by atoms with Gasteiger partial charge in [0.1, 0.15) is 0 Å². The number of thiocarbonyl (C=S) groups is 1. The van der Waals surface area contributed by atoms with Crippen LogP contribution in [-0.4, -0.2) is 33.6 Å². The first-order valence-electron chi connectivity index (χ1n) is 9.23. The highest BCUT2D eigenvalue weighted by Crippen LogP contribution is 2.34. The fourth-order valence-electron chi connectivity index (χ4n) is 4.03. The van der Waals surface area contributed by atoms with Crippen molar-refractivity contribution in [3.8, 4) is 0 Å². The lowest BCUT2D eigenvalue weighted by molar-refractivity contribution is -0.115. The van der Waals surface area contributed by atoms with Gasteiger partial charge < -0.3 is 9.47 Å². The summed E-state index contributed by atoms with van der Waals surface area (Å²) in [5.41, 5.74) is 2.08. The van der Waals surface area contributed by atoms with Crippen molar-refractivity contribution in [3.63, 3.8) is 0 Å². The van der Waals surface area contributed by atoms with Crippen LogP contribution < -0.4 is 10.9 Å². The van der Waals surface area contributed by atoms with Gasteiger partial charge >= 0.3 is 0 Å². The average molecular weight is 458 g/mol. The van der Waals surface area contributed by atoms with E-state index in [2.05, 4.69) is 26.1 Å². The number of likely N-dealkylation sites (tertiary alicyclic amines) is 1. The smallest absolute Gasteiger partial charge is 0.250 e. The van der Waals surface area contributed by atoms with Crippen LogP contribution in [0, 0.1) is 5.92 Å². The molecule has 2 bridgehead atoms. The largest absolute Gasteiger partial charge is 0.348 e. The summed E-state index contributed by atoms with van der Waals surface area (Å²) >= 11 is 8.88. The number of piperidine rings is 1. The van der Waals surface area contributed by atoms with E-state index in [1.165, 1.54) is 6.08 Å². The Balaban J connectivity index is 1.40. The summed E-state index contributed by atoms with van der Waals surface area (Å²) in [6.07, 6.45) is 4.31. The van der Waals surface area contributed by atoms with Crippen molar-refractivity contribution in [1.82, 2.24) is 14.8 Å². The molecule has 1 saturated heterocycles. The molecule has 7 heteroatoms. The summed E-state index contributed by atoms with van der Waals surface area (Å²) in [6.45, 7) is 2.18. The van der Waals surface area contributed by atoms with Crippen molar-refractivity contribution >= 4 is 45.2 Å². The zero-order chi connectivity index (χ0) is 19.7. The minimum absolute atomic E-state index is 0.0645. The second kappa shape index (κ2) is 8.01. The number of carbonyl (C=O) groups excluding carboxylic acids is 1. The molecule has 2 aliphatic heterocycles. The van der Waals surface area contributed by atoms with Crippen LogP contribution in [0.15, 0.2) is 57.8 Å². The molecule has 0 spiro atoms. The number of amides is 1. The maximum absolute atomic E-state index is 12.3. The number of pyridine rings is 1. The maximum atomic E-state index is 12.3. The van der Waals surface area contributed by atoms with Crippen molar-refractivity contribution in [1.29, 1.82) is 0 Å². The van der Waals surface area contributed by atoms with E-state index in [0.717, 1.165) is 35.2 Å². The molecule has 28 heavy (non-hydrogen) atoms. The van der Waals surface area contributed by atoms with Crippen molar-refractivity contribution in [2.45, 2.75) is 18.9 Å². The number of benzene rings is 1. The zero-order valence-electron chi connectivity index (χ0n) is 15.2. The predicted octanol–water partition coefficient (Wildman–Crippen LogP) is 3.14. The molecule has 2 aliphatic rings. The second-order valence-electron chi connectivity index (χ2n) is 7.28. The first kappa shape index (κ1) is 19.1. The van der Waals surface area contributed by atoms with Gasteiger partial charge in [-0.25, -0.2) is 0 Å². The molecule has 1 fully saturated rings. The first-order valence-corrected chi connectivity index (χ1v) is 10.4. The van der Waals surface area contributed by atoms with Crippen LogP contribution in [0.2, 0.25) is 0 Å². The number of hydrogen-bond acceptors (Lipinski definition) is 3. The van der Waals surface area contributed by atoms with Crippen LogP contribution in [0.4, 0.5) is 0 Å². The highest BCUT2D eigenvalue weighted by molar-refractivity contribution is 9.10. The third kappa shape index (κ3) is 4.10. The van der Waals surface area contributed by atoms with Crippen LogP contribution >= 0.6 is 28.1 Å². The molecule has 3 heterocycles. The predicted molar refractivity (Wildman–Crippen MR) is 117 cm³/mol. The summed E-state index contributed by atoms with van der Waals surface area (Å²) in [4.78, 5) is 26.4. The Bertz CT molecular complexity index is 999. The number of halogens is 1. The number of rotatable bonds is 2. The van der Waals surface area contributed by atoms with E-state index in [4.69, 9.17) is 12.2 Å². The van der Waals surface area contributed by atoms with E-state index < -0.39 is 0 Å². The van der Waals surface area contributed by atoms with Gasteiger partial charge in [-0.2, -0.15) is 0 Å². The second-order valence-corrected chi connectivity index (χ2v) is 8.58. The summed E-state index contributed by atoms with van der Waals surface area (Å²) in [5.74, 6) is 0.384. The van der Waals surface area contributed by atoms with Gasteiger partial charge in [0.25, 0.3) is 5.56 Å². The molecular formula is C21H20BrN3O2S. The molecule has 1 aromatic carbocycles. The molecule has 0 unspecified atom stereocenters. The van der Waals surface area contributed by atoms with Crippen molar-refractivity contribution < 1.29 is 4.79 Å². The molecule has 144 valence electrons. The lowest BCUT2D eigenvalue weighted by Gasteiger charge is -2.43. The van der Waals surface area contributed by atoms with Gasteiger partial charge in [0.15, 0.2) is 5.11 Å². The lowest BCUT2D eigenvalue weighted by atomic mass is 9.83. The fraction of sp³-hybridized carbons (Fsp3) is 0.286. The molecule has 0 radical (unpaired) electrons. The highest BCUT2D eigenvalue weighted by Gasteiger charge is 2.35. The topological polar surface area (TPSA) is 54.3 Å². The minimum atomic E-state index is -0.236. The van der Waals surface area contributed by atoms with Gasteiger partial charge in [0.05, 0.1) is 0 Å². The van der Waals surface area contributed by atoms with Crippen LogP contribution in [0.1, 0.15) is 23.6 Å². The van der Waals surface area contributed by atoms with Crippen molar-refractivity contribution in [2.24, 2.45) is 5.92 Å². The Hall–Kier alpha value is -2.25. The zero-order valence-corrected chi connectivity index (χ0v) is 17.6. The SMILES string of the molecule is O=C(/C=C/c1ccc(Br)cc1)NC(=S)N1C[C@@H]2C[C@H](C1)c1cccc(=O)n1C2. The number of fused-ring (bicyclic) bond motifs is 4. The van der Waals surface area contributed by atoms with Crippen LogP contribution in [0.25, 0.3) is 6.08 Å². The average Bonchev–Trinajstić information content (AvgIpc) is 2.68. The molecule has 1 amide bonds. The quantitative estimate of drug-likeness (QED) is 0.555.